The Morgan fingerprint density at radius 2 is 0.769 bits per heavy atom. The molecule has 0 bridgehead atoms. The molecular weight excluding hydrogens is 1870 g/mol. The number of carbonyl (C=O) groups excluding carboxylic acids is 2. The summed E-state index contributed by atoms with van der Waals surface area (Å²) in [6.45, 7) is 40.6. The summed E-state index contributed by atoms with van der Waals surface area (Å²) in [5.41, 5.74) is 10.3. The molecule has 29 heteroatoms. The molecule has 4 aromatic heterocycles. The largest absolute Gasteiger partial charge is 0.467 e. The van der Waals surface area contributed by atoms with E-state index < -0.39 is 6.04 Å². The lowest BCUT2D eigenvalue weighted by Crippen LogP contribution is -2.51. The molecule has 4 aliphatic heterocycles. The smallest absolute Gasteiger partial charge is 0.328 e. The second-order valence-corrected chi connectivity index (χ2v) is 43.2. The summed E-state index contributed by atoms with van der Waals surface area (Å²) < 4.78 is 5.00. The number of halogens is 2. The van der Waals surface area contributed by atoms with Crippen molar-refractivity contribution < 1.29 is 14.3 Å². The van der Waals surface area contributed by atoms with Crippen molar-refractivity contribution in [2.45, 2.75) is 157 Å². The van der Waals surface area contributed by atoms with Gasteiger partial charge in [0.05, 0.1) is 61.4 Å². The monoisotopic (exact) mass is 2030 g/mol. The molecular formula is C118H158Cl2N24O3. The molecule has 9 aromatic carbocycles. The second kappa shape index (κ2) is 54.3. The van der Waals surface area contributed by atoms with Crippen molar-refractivity contribution in [3.05, 3.63) is 268 Å². The van der Waals surface area contributed by atoms with E-state index in [-0.39, 0.29) is 24.0 Å². The summed E-state index contributed by atoms with van der Waals surface area (Å²) in [5.74, 6) is 7.92. The maximum atomic E-state index is 12.8. The van der Waals surface area contributed by atoms with Crippen LogP contribution in [0.1, 0.15) is 157 Å². The summed E-state index contributed by atoms with van der Waals surface area (Å²) in [7, 11) is 14.1. The van der Waals surface area contributed by atoms with Gasteiger partial charge in [0.15, 0.2) is 0 Å². The van der Waals surface area contributed by atoms with E-state index in [2.05, 4.69) is 292 Å². The third kappa shape index (κ3) is 31.7. The van der Waals surface area contributed by atoms with Crippen molar-refractivity contribution in [1.29, 1.82) is 0 Å². The quantitative estimate of drug-likeness (QED) is 0.0179. The van der Waals surface area contributed by atoms with Gasteiger partial charge in [0, 0.05) is 174 Å². The van der Waals surface area contributed by atoms with E-state index in [0.717, 1.165) is 269 Å². The fraction of sp³-hybridized carbons (Fsp3) is 0.475. The predicted molar refractivity (Wildman–Crippen MR) is 607 cm³/mol. The van der Waals surface area contributed by atoms with Gasteiger partial charge in [0.25, 0.3) is 0 Å². The number of amides is 2. The minimum absolute atomic E-state index is 0.0204. The molecule has 5 aliphatic rings. The van der Waals surface area contributed by atoms with Crippen molar-refractivity contribution in [2.24, 2.45) is 17.3 Å². The van der Waals surface area contributed by atoms with Crippen LogP contribution in [0.15, 0.2) is 212 Å². The molecule has 13 aromatic rings. The Hall–Kier alpha value is -11.3. The third-order valence-corrected chi connectivity index (χ3v) is 30.2. The number of hydrogen-bond acceptors (Lipinski definition) is 25. The van der Waals surface area contributed by atoms with Crippen LogP contribution in [0.5, 0.6) is 0 Å². The number of para-hydroxylation sites is 4. The summed E-state index contributed by atoms with van der Waals surface area (Å²) in [4.78, 5) is 90.4. The first kappa shape index (κ1) is 110. The van der Waals surface area contributed by atoms with Gasteiger partial charge in [0.2, 0.25) is 0 Å². The van der Waals surface area contributed by atoms with E-state index in [0.29, 0.717) is 42.6 Å². The van der Waals surface area contributed by atoms with E-state index >= 15 is 0 Å². The van der Waals surface area contributed by atoms with E-state index in [1.54, 1.807) is 0 Å². The first-order chi connectivity index (χ1) is 71.2. The molecule has 27 nitrogen and oxygen atoms in total. The molecule has 1 atom stereocenters. The highest BCUT2D eigenvalue weighted by molar-refractivity contribution is 6.31. The molecule has 5 N–H and O–H groups in total. The number of nitrogens with one attached hydrogen (secondary N) is 5. The zero-order chi connectivity index (χ0) is 103. The Kier molecular flexibility index (Phi) is 40.6. The highest BCUT2D eigenvalue weighted by Gasteiger charge is 2.36. The normalized spacial score (nSPS) is 16.9. The number of piperazine rings is 4. The molecule has 0 spiro atoms. The van der Waals surface area contributed by atoms with Crippen LogP contribution in [-0.4, -0.2) is 311 Å². The van der Waals surface area contributed by atoms with Crippen LogP contribution in [0.2, 0.25) is 10.0 Å². The first-order valence-corrected chi connectivity index (χ1v) is 54.2. The van der Waals surface area contributed by atoms with Crippen LogP contribution in [0.25, 0.3) is 54.4 Å². The SMILES string of the molecule is CCC(C)(C)C1CCC(N2CCN(Cc3nc(NCCCN(C)C)c4ccccc4n3)CC2)CC1.CN(C)CCCNc1nc(CN2CCN(C(c3ccc(Cl)cc3)c3ccc(Cl)cc3)CC2)nc2ccccc12.CN(C)CCCNc1nc(CN2CCN(Cc3cccc4ccccc34)CC2)nc2ccccc12.COC(=O)[C@@H](Nc1nc(CN2CCN(C(=O)Nc3ccc(C(C)C)cc3)CC2)nc2ccccc12)C(C)C. The number of hydrogen-bond donors (Lipinski definition) is 5. The zero-order valence-corrected chi connectivity index (χ0v) is 90.9. The minimum atomic E-state index is -0.519. The van der Waals surface area contributed by atoms with Gasteiger partial charge >= 0.3 is 12.0 Å². The molecule has 4 saturated heterocycles. The van der Waals surface area contributed by atoms with Crippen molar-refractivity contribution in [3.8, 4) is 0 Å². The van der Waals surface area contributed by atoms with E-state index in [1.165, 1.54) is 85.3 Å². The van der Waals surface area contributed by atoms with Gasteiger partial charge in [-0.1, -0.05) is 205 Å². The van der Waals surface area contributed by atoms with Gasteiger partial charge in [-0.15, -0.1) is 0 Å². The molecule has 0 unspecified atom stereocenters. The summed E-state index contributed by atoms with van der Waals surface area (Å²) >= 11 is 12.4. The number of anilines is 5. The number of rotatable bonds is 37. The predicted octanol–water partition coefficient (Wildman–Crippen LogP) is 20.5. The number of nitrogens with zero attached hydrogens (tertiary/aromatic N) is 19. The maximum Gasteiger partial charge on any atom is 0.328 e. The average Bonchev–Trinajstić information content (AvgIpc) is 0.819. The lowest BCUT2D eigenvalue weighted by Gasteiger charge is -2.44. The van der Waals surface area contributed by atoms with E-state index in [1.807, 2.05) is 91.5 Å². The Morgan fingerprint density at radius 3 is 1.17 bits per heavy atom. The number of carbonyl (C=O) groups is 2. The van der Waals surface area contributed by atoms with Gasteiger partial charge < -0.3 is 50.9 Å². The van der Waals surface area contributed by atoms with Gasteiger partial charge in [-0.25, -0.2) is 49.5 Å². The number of fused-ring (bicyclic) bond motifs is 5. The van der Waals surface area contributed by atoms with Crippen LogP contribution >= 0.6 is 23.2 Å². The van der Waals surface area contributed by atoms with Gasteiger partial charge in [0.1, 0.15) is 52.6 Å². The van der Waals surface area contributed by atoms with Crippen LogP contribution in [0.4, 0.5) is 33.8 Å². The standard InChI is InChI=1S/C31H36Cl2N6.C29H38N6O3.C29H36N6.C29H48N6/c1-37(2)17-5-16-34-31-27-6-3-4-7-28(27)35-29(36-31)22-38-18-20-39(21-19-38)30(23-8-12-25(32)13-9-23)24-10-14-26(33)15-11-24;1-19(2)21-10-12-22(13-11-21)30-29(37)35-16-14-34(15-17-35)18-25-31-24-9-7-6-8-23(24)27(32-25)33-26(20(3)4)28(36)38-5;1-33(2)16-8-15-30-29-26-13-5-6-14-27(26)31-28(32-29)22-35-19-17-34(18-20-35)21-24-11-7-10-23-9-3-4-12-25(23)24;1-6-29(2,3)23-12-14-24(15-13-23)35-20-18-34(19-21-35)22-27-31-26-11-8-7-10-25(26)28(32-27)30-16-9-17-33(4)5/h3-4,6-15,30H,5,16-22H2,1-2H3,(H,34,35,36);6-13,19-20,26H,14-18H2,1-5H3,(H,30,37)(H,31,32,33);3-7,9-14H,8,15-22H2,1-2H3,(H,30,31,32);7-8,10-11,23-24H,6,9,12-22H2,1-5H3,(H,30,31,32)/t;26-;;/m.0../s1. The second-order valence-electron chi connectivity index (χ2n) is 42.3. The van der Waals surface area contributed by atoms with Gasteiger partial charge in [-0.3, -0.25) is 34.3 Å². The van der Waals surface area contributed by atoms with Crippen LogP contribution in [0.3, 0.4) is 0 Å². The summed E-state index contributed by atoms with van der Waals surface area (Å²) in [6, 6.07) is 72.8. The van der Waals surface area contributed by atoms with Crippen LogP contribution in [-0.2, 0) is 42.3 Å². The van der Waals surface area contributed by atoms with Crippen LogP contribution < -0.4 is 26.6 Å². The van der Waals surface area contributed by atoms with Gasteiger partial charge in [-0.2, -0.15) is 0 Å². The average molecular weight is 2030 g/mol. The molecule has 18 rings (SSSR count). The highest BCUT2D eigenvalue weighted by Crippen LogP contribution is 2.42. The number of benzene rings is 9. The zero-order valence-electron chi connectivity index (χ0n) is 89.4. The molecule has 5 fully saturated rings. The molecule has 782 valence electrons. The number of urea groups is 1. The number of esters is 1. The van der Waals surface area contributed by atoms with Crippen molar-refractivity contribution in [3.63, 3.8) is 0 Å². The van der Waals surface area contributed by atoms with Crippen molar-refractivity contribution in [1.82, 2.24) is 93.8 Å². The number of methoxy groups -OCH3 is 1. The third-order valence-electron chi connectivity index (χ3n) is 29.7. The van der Waals surface area contributed by atoms with Crippen LogP contribution in [0, 0.1) is 17.3 Å². The number of aromatic nitrogens is 8. The van der Waals surface area contributed by atoms with E-state index in [9.17, 15) is 9.59 Å². The molecule has 1 aliphatic carbocycles. The lowest BCUT2D eigenvalue weighted by atomic mass is 9.68. The molecule has 2 amide bonds. The van der Waals surface area contributed by atoms with Gasteiger partial charge in [-0.05, 0) is 248 Å². The minimum Gasteiger partial charge on any atom is -0.467 e. The summed E-state index contributed by atoms with van der Waals surface area (Å²) in [5, 5.41) is 25.4. The number of ether oxygens (including phenoxy) is 1. The fourth-order valence-corrected chi connectivity index (χ4v) is 20.8. The first-order valence-electron chi connectivity index (χ1n) is 53.5. The maximum absolute atomic E-state index is 12.8. The highest BCUT2D eigenvalue weighted by atomic mass is 35.5. The van der Waals surface area contributed by atoms with Crippen molar-refractivity contribution >= 4 is 119 Å². The molecule has 0 radical (unpaired) electrons. The fourth-order valence-electron chi connectivity index (χ4n) is 20.6. The Morgan fingerprint density at radius 1 is 0.408 bits per heavy atom. The van der Waals surface area contributed by atoms with E-state index in [4.69, 9.17) is 67.8 Å². The topological polar surface area (TPSA) is 242 Å². The van der Waals surface area contributed by atoms with Crippen molar-refractivity contribution in [2.75, 3.05) is 220 Å². The molecule has 8 heterocycles. The summed E-state index contributed by atoms with van der Waals surface area (Å²) in [6.07, 6.45) is 10.1. The molecule has 1 saturated carbocycles. The lowest BCUT2D eigenvalue weighted by molar-refractivity contribution is -0.142. The Balaban J connectivity index is 0.000000147. The Labute approximate surface area is 882 Å². The molecule has 147 heavy (non-hydrogen) atoms. The Bertz CT molecular complexity index is 6270.